The van der Waals surface area contributed by atoms with Gasteiger partial charge in [0.1, 0.15) is 12.7 Å². The summed E-state index contributed by atoms with van der Waals surface area (Å²) in [6.07, 6.45) is 2.89. The summed E-state index contributed by atoms with van der Waals surface area (Å²) in [5.41, 5.74) is 3.29. The lowest BCUT2D eigenvalue weighted by molar-refractivity contribution is -0.137. The van der Waals surface area contributed by atoms with E-state index < -0.39 is 12.0 Å². The molecular weight excluding hydrogens is 505 g/mol. The summed E-state index contributed by atoms with van der Waals surface area (Å²) in [5.74, 6) is 0.850. The number of amidine groups is 1. The van der Waals surface area contributed by atoms with E-state index in [0.29, 0.717) is 28.8 Å². The maximum Gasteiger partial charge on any atom is 0.303 e. The van der Waals surface area contributed by atoms with Crippen molar-refractivity contribution in [3.05, 3.63) is 63.6 Å². The van der Waals surface area contributed by atoms with Crippen LogP contribution in [-0.2, 0) is 4.79 Å². The molecule has 10 heteroatoms. The number of anilines is 1. The number of fused-ring (bicyclic) bond motifs is 3. The summed E-state index contributed by atoms with van der Waals surface area (Å²) in [7, 11) is 0. The first-order valence-corrected chi connectivity index (χ1v) is 13.5. The van der Waals surface area contributed by atoms with Crippen LogP contribution in [0.3, 0.4) is 0 Å². The molecule has 3 aliphatic heterocycles. The largest absolute Gasteiger partial charge is 0.481 e. The highest BCUT2D eigenvalue weighted by Crippen LogP contribution is 2.36. The Morgan fingerprint density at radius 3 is 2.69 bits per heavy atom. The lowest BCUT2D eigenvalue weighted by Gasteiger charge is -2.23. The zero-order valence-electron chi connectivity index (χ0n) is 19.2. The SMILES string of the molecule is O=C(O)CC[C@@H]1N=C(c2ccccc2Cl)c2cc(Cl)ccc2N2CN(SCCN3CCCC3)N=C12. The van der Waals surface area contributed by atoms with E-state index in [1.54, 1.807) is 11.9 Å². The van der Waals surface area contributed by atoms with E-state index in [4.69, 9.17) is 33.3 Å². The number of rotatable bonds is 8. The minimum Gasteiger partial charge on any atom is -0.481 e. The summed E-state index contributed by atoms with van der Waals surface area (Å²) in [5, 5.41) is 15.5. The lowest BCUT2D eigenvalue weighted by Crippen LogP contribution is -2.36. The third-order valence-corrected chi connectivity index (χ3v) is 7.87. The molecule has 3 heterocycles. The predicted octanol–water partition coefficient (Wildman–Crippen LogP) is 5.21. The number of carbonyl (C=O) groups is 1. The molecule has 2 aromatic carbocycles. The first-order valence-electron chi connectivity index (χ1n) is 11.8. The zero-order valence-corrected chi connectivity index (χ0v) is 21.6. The molecule has 3 aliphatic rings. The molecule has 184 valence electrons. The van der Waals surface area contributed by atoms with Crippen LogP contribution < -0.4 is 4.90 Å². The van der Waals surface area contributed by atoms with Crippen molar-refractivity contribution in [3.63, 3.8) is 0 Å². The number of aliphatic carboxylic acids is 1. The fraction of sp³-hybridized carbons (Fsp3) is 0.400. The smallest absolute Gasteiger partial charge is 0.303 e. The molecular formula is C25H27Cl2N5O2S. The van der Waals surface area contributed by atoms with Crippen LogP contribution in [0.2, 0.25) is 10.0 Å². The molecule has 1 fully saturated rings. The monoisotopic (exact) mass is 531 g/mol. The number of carboxylic acid groups (broad SMARTS) is 1. The quantitative estimate of drug-likeness (QED) is 0.471. The van der Waals surface area contributed by atoms with Crippen LogP contribution in [0.1, 0.15) is 36.8 Å². The second-order valence-electron chi connectivity index (χ2n) is 8.83. The summed E-state index contributed by atoms with van der Waals surface area (Å²) in [6, 6.07) is 12.9. The van der Waals surface area contributed by atoms with Crippen molar-refractivity contribution in [1.29, 1.82) is 0 Å². The van der Waals surface area contributed by atoms with Gasteiger partial charge in [0.2, 0.25) is 0 Å². The van der Waals surface area contributed by atoms with Crippen molar-refractivity contribution in [2.24, 2.45) is 10.1 Å². The number of likely N-dealkylation sites (tertiary alicyclic amines) is 1. The molecule has 5 rings (SSSR count). The molecule has 0 spiro atoms. The molecule has 1 saturated heterocycles. The van der Waals surface area contributed by atoms with Gasteiger partial charge in [0, 0.05) is 39.9 Å². The second-order valence-corrected chi connectivity index (χ2v) is 10.8. The Bertz CT molecular complexity index is 1170. The highest BCUT2D eigenvalue weighted by Gasteiger charge is 2.36. The Morgan fingerprint density at radius 1 is 1.11 bits per heavy atom. The molecule has 0 radical (unpaired) electrons. The maximum atomic E-state index is 11.5. The summed E-state index contributed by atoms with van der Waals surface area (Å²) >= 11 is 14.7. The van der Waals surface area contributed by atoms with E-state index in [1.807, 2.05) is 46.9 Å². The predicted molar refractivity (Wildman–Crippen MR) is 144 cm³/mol. The molecule has 35 heavy (non-hydrogen) atoms. The van der Waals surface area contributed by atoms with Gasteiger partial charge in [0.05, 0.1) is 11.4 Å². The van der Waals surface area contributed by atoms with E-state index in [0.717, 1.165) is 34.9 Å². The van der Waals surface area contributed by atoms with Crippen LogP contribution in [0.15, 0.2) is 52.6 Å². The number of carboxylic acids is 1. The molecule has 1 atom stereocenters. The number of halogens is 2. The standard InChI is InChI=1S/C25H27Cl2N5O2S/c26-17-7-9-22-19(15-17)24(18-5-1-2-6-20(18)27)28-21(8-10-23(33)34)25-29-32(16-31(22)25)35-14-13-30-11-3-4-12-30/h1-2,5-7,9,15,21H,3-4,8,10-14,16H2,(H,33,34)/t21-/m0/s1. The fourth-order valence-corrected chi connectivity index (χ4v) is 6.02. The van der Waals surface area contributed by atoms with Gasteiger partial charge in [-0.15, -0.1) is 5.10 Å². The molecule has 1 N–H and O–H groups in total. The summed E-state index contributed by atoms with van der Waals surface area (Å²) < 4.78 is 1.99. The number of nitrogens with zero attached hydrogens (tertiary/aromatic N) is 5. The second kappa shape index (κ2) is 10.8. The van der Waals surface area contributed by atoms with Crippen molar-refractivity contribution in [2.75, 3.05) is 37.0 Å². The van der Waals surface area contributed by atoms with Gasteiger partial charge in [0.15, 0.2) is 5.84 Å². The molecule has 0 unspecified atom stereocenters. The Labute approximate surface area is 219 Å². The molecule has 7 nitrogen and oxygen atoms in total. The third-order valence-electron chi connectivity index (χ3n) is 6.45. The van der Waals surface area contributed by atoms with Crippen LogP contribution >= 0.6 is 35.1 Å². The summed E-state index contributed by atoms with van der Waals surface area (Å²) in [6.45, 7) is 3.94. The average Bonchev–Trinajstić information content (AvgIpc) is 3.48. The molecule has 0 bridgehead atoms. The molecule has 0 aromatic heterocycles. The first kappa shape index (κ1) is 24.4. The van der Waals surface area contributed by atoms with Gasteiger partial charge in [-0.2, -0.15) is 0 Å². The van der Waals surface area contributed by atoms with Gasteiger partial charge in [-0.3, -0.25) is 9.79 Å². The van der Waals surface area contributed by atoms with Crippen LogP contribution in [0.5, 0.6) is 0 Å². The van der Waals surface area contributed by atoms with Crippen molar-refractivity contribution >= 4 is 58.4 Å². The Balaban J connectivity index is 1.51. The Kier molecular flexibility index (Phi) is 7.53. The molecule has 0 aliphatic carbocycles. The highest BCUT2D eigenvalue weighted by atomic mass is 35.5. The van der Waals surface area contributed by atoms with Crippen molar-refractivity contribution in [1.82, 2.24) is 9.31 Å². The Hall–Kier alpha value is -2.26. The topological polar surface area (TPSA) is 71.7 Å². The highest BCUT2D eigenvalue weighted by molar-refractivity contribution is 7.97. The van der Waals surface area contributed by atoms with Crippen LogP contribution in [-0.4, -0.2) is 70.0 Å². The third kappa shape index (κ3) is 5.45. The molecule has 0 saturated carbocycles. The number of hydrazone groups is 1. The molecule has 2 aromatic rings. The number of hydrogen-bond acceptors (Lipinski definition) is 7. The maximum absolute atomic E-state index is 11.5. The van der Waals surface area contributed by atoms with Crippen LogP contribution in [0.4, 0.5) is 5.69 Å². The van der Waals surface area contributed by atoms with Gasteiger partial charge < -0.3 is 14.9 Å². The average molecular weight is 532 g/mol. The van der Waals surface area contributed by atoms with Gasteiger partial charge in [0.25, 0.3) is 0 Å². The van der Waals surface area contributed by atoms with Crippen molar-refractivity contribution < 1.29 is 9.90 Å². The fourth-order valence-electron chi connectivity index (χ4n) is 4.73. The van der Waals surface area contributed by atoms with E-state index in [1.165, 1.54) is 25.9 Å². The normalized spacial score (nSPS) is 19.8. The van der Waals surface area contributed by atoms with Gasteiger partial charge in [-0.1, -0.05) is 41.4 Å². The molecule has 0 amide bonds. The first-order chi connectivity index (χ1) is 17.0. The van der Waals surface area contributed by atoms with Gasteiger partial charge >= 0.3 is 5.97 Å². The van der Waals surface area contributed by atoms with E-state index >= 15 is 0 Å². The Morgan fingerprint density at radius 2 is 1.91 bits per heavy atom. The van der Waals surface area contributed by atoms with Crippen molar-refractivity contribution in [2.45, 2.75) is 31.7 Å². The van der Waals surface area contributed by atoms with Crippen LogP contribution in [0.25, 0.3) is 0 Å². The summed E-state index contributed by atoms with van der Waals surface area (Å²) in [4.78, 5) is 21.2. The number of aliphatic imine (C=N–C) groups is 1. The van der Waals surface area contributed by atoms with E-state index in [9.17, 15) is 9.90 Å². The van der Waals surface area contributed by atoms with Gasteiger partial charge in [-0.25, -0.2) is 4.41 Å². The number of benzene rings is 2. The minimum atomic E-state index is -0.855. The minimum absolute atomic E-state index is 0.00394. The van der Waals surface area contributed by atoms with Crippen molar-refractivity contribution in [3.8, 4) is 0 Å². The van der Waals surface area contributed by atoms with E-state index in [-0.39, 0.29) is 6.42 Å². The van der Waals surface area contributed by atoms with E-state index in [2.05, 4.69) is 9.80 Å². The lowest BCUT2D eigenvalue weighted by atomic mass is 10.00. The number of hydrogen-bond donors (Lipinski definition) is 1. The van der Waals surface area contributed by atoms with Crippen LogP contribution in [0, 0.1) is 0 Å². The zero-order chi connectivity index (χ0) is 24.4. The van der Waals surface area contributed by atoms with Gasteiger partial charge in [-0.05, 0) is 68.6 Å².